The van der Waals surface area contributed by atoms with E-state index in [9.17, 15) is 4.79 Å². The number of carbonyl (C=O) groups excluding carboxylic acids is 1. The van der Waals surface area contributed by atoms with Crippen molar-refractivity contribution < 1.29 is 4.79 Å². The molecular formula is C24H22ClN7OS. The Labute approximate surface area is 205 Å². The summed E-state index contributed by atoms with van der Waals surface area (Å²) in [6.07, 6.45) is 4.72. The molecule has 0 saturated carbocycles. The summed E-state index contributed by atoms with van der Waals surface area (Å²) in [6, 6.07) is 9.71. The number of amides is 1. The van der Waals surface area contributed by atoms with E-state index in [1.165, 1.54) is 16.0 Å². The summed E-state index contributed by atoms with van der Waals surface area (Å²) in [5.41, 5.74) is 4.39. The van der Waals surface area contributed by atoms with E-state index < -0.39 is 0 Å². The van der Waals surface area contributed by atoms with Gasteiger partial charge >= 0.3 is 0 Å². The van der Waals surface area contributed by atoms with Gasteiger partial charge in [-0.2, -0.15) is 10.2 Å². The van der Waals surface area contributed by atoms with Gasteiger partial charge < -0.3 is 5.32 Å². The van der Waals surface area contributed by atoms with Crippen LogP contribution in [0.3, 0.4) is 0 Å². The molecule has 3 aromatic heterocycles. The van der Waals surface area contributed by atoms with E-state index in [-0.39, 0.29) is 17.9 Å². The van der Waals surface area contributed by atoms with Crippen molar-refractivity contribution in [1.82, 2.24) is 35.6 Å². The van der Waals surface area contributed by atoms with E-state index in [1.807, 2.05) is 31.2 Å². The number of aromatic nitrogens is 5. The van der Waals surface area contributed by atoms with Gasteiger partial charge in [0.2, 0.25) is 5.91 Å². The molecule has 0 spiro atoms. The molecular weight excluding hydrogens is 470 g/mol. The van der Waals surface area contributed by atoms with Gasteiger partial charge in [-0.15, -0.1) is 21.5 Å². The summed E-state index contributed by atoms with van der Waals surface area (Å²) in [5.74, 6) is 1.70. The molecule has 8 nitrogen and oxygen atoms in total. The first-order valence-electron chi connectivity index (χ1n) is 11.2. The lowest BCUT2D eigenvalue weighted by atomic mass is 9.95. The minimum absolute atomic E-state index is 0.0611. The third kappa shape index (κ3) is 3.60. The predicted molar refractivity (Wildman–Crippen MR) is 129 cm³/mol. The number of nitrogens with zero attached hydrogens (tertiary/aromatic N) is 5. The van der Waals surface area contributed by atoms with Gasteiger partial charge in [0.25, 0.3) is 0 Å². The van der Waals surface area contributed by atoms with Crippen molar-refractivity contribution in [2.45, 2.75) is 38.9 Å². The number of nitrogens with one attached hydrogen (secondary N) is 2. The van der Waals surface area contributed by atoms with Crippen molar-refractivity contribution in [2.24, 2.45) is 5.92 Å². The van der Waals surface area contributed by atoms with Crippen LogP contribution in [0.4, 0.5) is 0 Å². The third-order valence-corrected chi connectivity index (χ3v) is 8.14. The highest BCUT2D eigenvalue weighted by Gasteiger charge is 2.38. The summed E-state index contributed by atoms with van der Waals surface area (Å²) in [5, 5.41) is 24.9. The number of rotatable bonds is 4. The van der Waals surface area contributed by atoms with Crippen LogP contribution in [-0.4, -0.2) is 30.9 Å². The monoisotopic (exact) mass is 491 g/mol. The summed E-state index contributed by atoms with van der Waals surface area (Å²) in [6.45, 7) is 3.01. The van der Waals surface area contributed by atoms with Crippen LogP contribution in [-0.2, 0) is 30.7 Å². The molecule has 6 rings (SSSR count). The van der Waals surface area contributed by atoms with Crippen molar-refractivity contribution in [3.63, 3.8) is 0 Å². The lowest BCUT2D eigenvalue weighted by molar-refractivity contribution is -0.124. The molecule has 10 heteroatoms. The molecule has 0 bridgehead atoms. The molecule has 2 N–H and O–H groups in total. The van der Waals surface area contributed by atoms with Gasteiger partial charge in [0.1, 0.15) is 10.8 Å². The molecule has 0 radical (unpaired) electrons. The smallest absolute Gasteiger partial charge is 0.224 e. The highest BCUT2D eigenvalue weighted by atomic mass is 35.5. The van der Waals surface area contributed by atoms with Gasteiger partial charge in [0.05, 0.1) is 18.8 Å². The SMILES string of the molecule is Cc1nnc2n1-c1sc3c(c1[C@H](c1ccccc1Cl)NC2)C[C@H](C(=O)NCc1ccnnc1)C3. The molecule has 4 aromatic rings. The first-order valence-corrected chi connectivity index (χ1v) is 12.4. The number of hydrogen-bond acceptors (Lipinski definition) is 7. The van der Waals surface area contributed by atoms with Gasteiger partial charge in [-0.25, -0.2) is 0 Å². The van der Waals surface area contributed by atoms with E-state index >= 15 is 0 Å². The quantitative estimate of drug-likeness (QED) is 0.454. The van der Waals surface area contributed by atoms with Crippen molar-refractivity contribution >= 4 is 28.8 Å². The zero-order valence-electron chi connectivity index (χ0n) is 18.5. The number of hydrogen-bond donors (Lipinski definition) is 2. The minimum Gasteiger partial charge on any atom is -0.352 e. The van der Waals surface area contributed by atoms with Crippen LogP contribution in [0.15, 0.2) is 42.7 Å². The molecule has 0 unspecified atom stereocenters. The van der Waals surface area contributed by atoms with Crippen molar-refractivity contribution in [2.75, 3.05) is 0 Å². The Morgan fingerprint density at radius 1 is 1.24 bits per heavy atom. The molecule has 1 aliphatic carbocycles. The van der Waals surface area contributed by atoms with Crippen LogP contribution < -0.4 is 10.6 Å². The Balaban J connectivity index is 1.35. The number of carbonyl (C=O) groups is 1. The Hall–Kier alpha value is -3.14. The Morgan fingerprint density at radius 3 is 2.94 bits per heavy atom. The largest absolute Gasteiger partial charge is 0.352 e. The Kier molecular flexibility index (Phi) is 5.40. The molecule has 1 amide bonds. The maximum atomic E-state index is 13.0. The average Bonchev–Trinajstić information content (AvgIpc) is 3.49. The lowest BCUT2D eigenvalue weighted by Gasteiger charge is -2.20. The van der Waals surface area contributed by atoms with Gasteiger partial charge in [0.15, 0.2) is 5.82 Å². The second kappa shape index (κ2) is 8.57. The highest BCUT2D eigenvalue weighted by Crippen LogP contribution is 2.46. The number of halogens is 1. The summed E-state index contributed by atoms with van der Waals surface area (Å²) in [7, 11) is 0. The fourth-order valence-electron chi connectivity index (χ4n) is 4.90. The number of fused-ring (bicyclic) bond motifs is 5. The van der Waals surface area contributed by atoms with Crippen LogP contribution in [0, 0.1) is 12.8 Å². The third-order valence-electron chi connectivity index (χ3n) is 6.54. The van der Waals surface area contributed by atoms with E-state index in [0.29, 0.717) is 19.5 Å². The van der Waals surface area contributed by atoms with E-state index in [1.54, 1.807) is 23.7 Å². The number of aryl methyl sites for hydroxylation is 1. The molecule has 4 heterocycles. The summed E-state index contributed by atoms with van der Waals surface area (Å²) >= 11 is 8.39. The molecule has 172 valence electrons. The molecule has 0 fully saturated rings. The molecule has 1 aliphatic heterocycles. The van der Waals surface area contributed by atoms with E-state index in [0.717, 1.165) is 39.2 Å². The second-order valence-corrected chi connectivity index (χ2v) is 10.1. The van der Waals surface area contributed by atoms with Gasteiger partial charge in [-0.05, 0) is 48.6 Å². The zero-order valence-corrected chi connectivity index (χ0v) is 20.0. The summed E-state index contributed by atoms with van der Waals surface area (Å²) < 4.78 is 2.15. The van der Waals surface area contributed by atoms with Crippen molar-refractivity contribution in [3.8, 4) is 5.00 Å². The van der Waals surface area contributed by atoms with Crippen LogP contribution in [0.5, 0.6) is 0 Å². The first kappa shape index (κ1) is 21.4. The van der Waals surface area contributed by atoms with Crippen LogP contribution in [0.1, 0.15) is 44.8 Å². The number of benzene rings is 1. The normalized spacial score (nSPS) is 18.6. The van der Waals surface area contributed by atoms with Crippen molar-refractivity contribution in [3.05, 3.63) is 86.5 Å². The fraction of sp³-hybridized carbons (Fsp3) is 0.292. The maximum Gasteiger partial charge on any atom is 0.224 e. The molecule has 2 atom stereocenters. The topological polar surface area (TPSA) is 97.6 Å². The fourth-order valence-corrected chi connectivity index (χ4v) is 6.66. The van der Waals surface area contributed by atoms with E-state index in [4.69, 9.17) is 11.6 Å². The minimum atomic E-state index is -0.0991. The van der Waals surface area contributed by atoms with Crippen LogP contribution >= 0.6 is 22.9 Å². The highest BCUT2D eigenvalue weighted by molar-refractivity contribution is 7.15. The lowest BCUT2D eigenvalue weighted by Crippen LogP contribution is -2.31. The maximum absolute atomic E-state index is 13.0. The van der Waals surface area contributed by atoms with Gasteiger partial charge in [-0.3, -0.25) is 14.7 Å². The number of thiophene rings is 1. The molecule has 1 aromatic carbocycles. The molecule has 2 aliphatic rings. The first-order chi connectivity index (χ1) is 16.6. The summed E-state index contributed by atoms with van der Waals surface area (Å²) in [4.78, 5) is 14.3. The average molecular weight is 492 g/mol. The zero-order chi connectivity index (χ0) is 23.2. The van der Waals surface area contributed by atoms with E-state index in [2.05, 4.69) is 41.7 Å². The molecule has 0 saturated heterocycles. The van der Waals surface area contributed by atoms with Gasteiger partial charge in [-0.1, -0.05) is 29.8 Å². The standard InChI is InChI=1S/C24H22ClN7OS/c1-13-30-31-20-12-26-22(16-4-2-3-5-18(16)25)21-17-8-15(9-19(17)34-24(21)32(13)20)23(33)27-10-14-6-7-28-29-11-14/h2-7,11,15,22,26H,8-10,12H2,1H3,(H,27,33)/t15-,22-/m0/s1. The van der Waals surface area contributed by atoms with Crippen LogP contribution in [0.25, 0.3) is 5.00 Å². The van der Waals surface area contributed by atoms with Gasteiger partial charge in [0, 0.05) is 34.1 Å². The second-order valence-electron chi connectivity index (χ2n) is 8.63. The molecule has 34 heavy (non-hydrogen) atoms. The predicted octanol–water partition coefficient (Wildman–Crippen LogP) is 3.30. The Morgan fingerprint density at radius 2 is 2.12 bits per heavy atom. The van der Waals surface area contributed by atoms with Crippen molar-refractivity contribution in [1.29, 1.82) is 0 Å². The Bertz CT molecular complexity index is 1380. The van der Waals surface area contributed by atoms with Crippen LogP contribution in [0.2, 0.25) is 5.02 Å².